The highest BCUT2D eigenvalue weighted by atomic mass is 127. The normalized spacial score (nSPS) is 19.8. The topological polar surface area (TPSA) is 59.6 Å². The van der Waals surface area contributed by atoms with E-state index in [1.807, 2.05) is 0 Å². The van der Waals surface area contributed by atoms with E-state index in [-0.39, 0.29) is 29.4 Å². The molecule has 2 aliphatic rings. The van der Waals surface area contributed by atoms with E-state index >= 15 is 0 Å². The lowest BCUT2D eigenvalue weighted by Gasteiger charge is -2.36. The van der Waals surface area contributed by atoms with E-state index in [0.29, 0.717) is 5.96 Å². The van der Waals surface area contributed by atoms with E-state index in [9.17, 15) is 0 Å². The molecular formula is C15H22IN3O. The zero-order valence-electron chi connectivity index (χ0n) is 11.8. The summed E-state index contributed by atoms with van der Waals surface area (Å²) < 4.78 is 5.21. The van der Waals surface area contributed by atoms with Crippen LogP contribution in [0.5, 0.6) is 0 Å². The van der Waals surface area contributed by atoms with Crippen LogP contribution in [0.3, 0.4) is 0 Å². The summed E-state index contributed by atoms with van der Waals surface area (Å²) in [6.45, 7) is 4.45. The first-order chi connectivity index (χ1) is 9.15. The molecule has 1 heterocycles. The van der Waals surface area contributed by atoms with Crippen molar-refractivity contribution in [3.8, 4) is 0 Å². The molecule has 0 atom stereocenters. The second kappa shape index (κ2) is 6.30. The van der Waals surface area contributed by atoms with Gasteiger partial charge in [-0.15, -0.1) is 24.0 Å². The Bertz CT molecular complexity index is 512. The predicted molar refractivity (Wildman–Crippen MR) is 92.9 cm³/mol. The van der Waals surface area contributed by atoms with Gasteiger partial charge in [-0.1, -0.05) is 13.0 Å². The van der Waals surface area contributed by atoms with Gasteiger partial charge in [0.2, 0.25) is 0 Å². The Kier molecular flexibility index (Phi) is 4.90. The van der Waals surface area contributed by atoms with Crippen LogP contribution in [-0.4, -0.2) is 25.7 Å². The third-order valence-corrected chi connectivity index (χ3v) is 3.90. The minimum Gasteiger partial charge on any atom is -0.380 e. The van der Waals surface area contributed by atoms with Crippen molar-refractivity contribution in [1.29, 1.82) is 0 Å². The van der Waals surface area contributed by atoms with Crippen LogP contribution in [0.4, 0.5) is 5.69 Å². The maximum Gasteiger partial charge on any atom is 0.193 e. The van der Waals surface area contributed by atoms with E-state index in [1.165, 1.54) is 30.4 Å². The largest absolute Gasteiger partial charge is 0.380 e. The van der Waals surface area contributed by atoms with Gasteiger partial charge in [0.1, 0.15) is 0 Å². The van der Waals surface area contributed by atoms with Gasteiger partial charge < -0.3 is 15.8 Å². The van der Waals surface area contributed by atoms with Crippen molar-refractivity contribution in [2.75, 3.05) is 25.1 Å². The second-order valence-corrected chi connectivity index (χ2v) is 5.97. The molecule has 0 spiro atoms. The molecule has 4 nitrogen and oxygen atoms in total. The van der Waals surface area contributed by atoms with Crippen LogP contribution in [0, 0.1) is 5.41 Å². The molecule has 1 aromatic rings. The molecule has 0 unspecified atom stereocenters. The van der Waals surface area contributed by atoms with E-state index in [1.54, 1.807) is 0 Å². The van der Waals surface area contributed by atoms with Crippen molar-refractivity contribution in [1.82, 2.24) is 0 Å². The first kappa shape index (κ1) is 15.6. The lowest BCUT2D eigenvalue weighted by atomic mass is 9.89. The van der Waals surface area contributed by atoms with Crippen molar-refractivity contribution in [3.05, 3.63) is 29.3 Å². The Morgan fingerprint density at radius 1 is 1.35 bits per heavy atom. The van der Waals surface area contributed by atoms with Crippen molar-refractivity contribution >= 4 is 35.6 Å². The van der Waals surface area contributed by atoms with Gasteiger partial charge in [-0.25, -0.2) is 0 Å². The van der Waals surface area contributed by atoms with Crippen LogP contribution in [0.15, 0.2) is 23.2 Å². The van der Waals surface area contributed by atoms with E-state index in [0.717, 1.165) is 25.4 Å². The first-order valence-electron chi connectivity index (χ1n) is 6.91. The SMILES string of the molecule is CC1(CN=C(N)Nc2ccc3c(c2)CCC3)COC1.I. The number of hydrogen-bond acceptors (Lipinski definition) is 2. The number of fused-ring (bicyclic) bond motifs is 1. The minimum atomic E-state index is 0. The number of guanidine groups is 1. The molecule has 3 rings (SSSR count). The second-order valence-electron chi connectivity index (χ2n) is 5.97. The van der Waals surface area contributed by atoms with Gasteiger partial charge in [-0.3, -0.25) is 4.99 Å². The quantitative estimate of drug-likeness (QED) is 0.476. The zero-order valence-corrected chi connectivity index (χ0v) is 14.1. The van der Waals surface area contributed by atoms with Gasteiger partial charge in [0.05, 0.1) is 19.8 Å². The summed E-state index contributed by atoms with van der Waals surface area (Å²) in [7, 11) is 0. The standard InChI is InChI=1S/C15H21N3O.HI/c1-15(9-19-10-15)8-17-14(16)18-13-6-5-11-3-2-4-12(11)7-13;/h5-7H,2-4,8-10H2,1H3,(H3,16,17,18);1H. The maximum absolute atomic E-state index is 5.93. The van der Waals surface area contributed by atoms with Crippen LogP contribution >= 0.6 is 24.0 Å². The lowest BCUT2D eigenvalue weighted by molar-refractivity contribution is -0.0944. The van der Waals surface area contributed by atoms with Gasteiger partial charge in [-0.2, -0.15) is 0 Å². The molecule has 0 saturated carbocycles. The number of benzene rings is 1. The fraction of sp³-hybridized carbons (Fsp3) is 0.533. The number of nitrogens with two attached hydrogens (primary N) is 1. The lowest BCUT2D eigenvalue weighted by Crippen LogP contribution is -2.43. The Morgan fingerprint density at radius 2 is 2.10 bits per heavy atom. The Labute approximate surface area is 137 Å². The van der Waals surface area contributed by atoms with Crippen LogP contribution in [-0.2, 0) is 17.6 Å². The molecule has 110 valence electrons. The van der Waals surface area contributed by atoms with Crippen LogP contribution in [0.2, 0.25) is 0 Å². The van der Waals surface area contributed by atoms with Gasteiger partial charge in [0, 0.05) is 11.1 Å². The summed E-state index contributed by atoms with van der Waals surface area (Å²) in [5.74, 6) is 0.492. The molecule has 1 aliphatic heterocycles. The number of nitrogens with zero attached hydrogens (tertiary/aromatic N) is 1. The summed E-state index contributed by atoms with van der Waals surface area (Å²) in [6, 6.07) is 6.47. The van der Waals surface area contributed by atoms with Crippen LogP contribution in [0.25, 0.3) is 0 Å². The van der Waals surface area contributed by atoms with Crippen molar-refractivity contribution in [3.63, 3.8) is 0 Å². The fourth-order valence-corrected chi connectivity index (χ4v) is 2.65. The van der Waals surface area contributed by atoms with Crippen molar-refractivity contribution in [2.45, 2.75) is 26.2 Å². The number of halogens is 1. The molecule has 0 radical (unpaired) electrons. The smallest absolute Gasteiger partial charge is 0.193 e. The van der Waals surface area contributed by atoms with E-state index < -0.39 is 0 Å². The fourth-order valence-electron chi connectivity index (χ4n) is 2.65. The first-order valence-corrected chi connectivity index (χ1v) is 6.91. The monoisotopic (exact) mass is 387 g/mol. The summed E-state index contributed by atoms with van der Waals surface area (Å²) in [6.07, 6.45) is 3.65. The average Bonchev–Trinajstić information content (AvgIpc) is 2.81. The van der Waals surface area contributed by atoms with Crippen LogP contribution < -0.4 is 11.1 Å². The third kappa shape index (κ3) is 3.44. The van der Waals surface area contributed by atoms with Crippen molar-refractivity contribution < 1.29 is 4.74 Å². The number of aryl methyl sites for hydroxylation is 2. The third-order valence-electron chi connectivity index (χ3n) is 3.90. The van der Waals surface area contributed by atoms with E-state index in [4.69, 9.17) is 10.5 Å². The van der Waals surface area contributed by atoms with E-state index in [2.05, 4.69) is 35.4 Å². The molecule has 0 aromatic heterocycles. The highest BCUT2D eigenvalue weighted by Gasteiger charge is 2.32. The summed E-state index contributed by atoms with van der Waals surface area (Å²) in [5.41, 5.74) is 10.1. The number of hydrogen-bond donors (Lipinski definition) is 2. The number of nitrogens with one attached hydrogen (secondary N) is 1. The van der Waals surface area contributed by atoms with Crippen molar-refractivity contribution in [2.24, 2.45) is 16.1 Å². The number of anilines is 1. The summed E-state index contributed by atoms with van der Waals surface area (Å²) in [5, 5.41) is 3.18. The molecule has 0 amide bonds. The predicted octanol–water partition coefficient (Wildman–Crippen LogP) is 2.56. The molecule has 1 saturated heterocycles. The molecular weight excluding hydrogens is 365 g/mol. The molecule has 1 aromatic carbocycles. The van der Waals surface area contributed by atoms with Gasteiger partial charge in [-0.05, 0) is 42.5 Å². The number of ether oxygens (including phenoxy) is 1. The van der Waals surface area contributed by atoms with Gasteiger partial charge in [0.15, 0.2) is 5.96 Å². The molecule has 5 heteroatoms. The summed E-state index contributed by atoms with van der Waals surface area (Å²) >= 11 is 0. The Morgan fingerprint density at radius 3 is 2.80 bits per heavy atom. The average molecular weight is 387 g/mol. The number of aliphatic imine (C=N–C) groups is 1. The minimum absolute atomic E-state index is 0. The molecule has 3 N–H and O–H groups in total. The van der Waals surface area contributed by atoms with Crippen LogP contribution in [0.1, 0.15) is 24.5 Å². The zero-order chi connectivity index (χ0) is 13.3. The molecule has 1 aliphatic carbocycles. The van der Waals surface area contributed by atoms with Gasteiger partial charge >= 0.3 is 0 Å². The maximum atomic E-state index is 5.93. The molecule has 1 fully saturated rings. The Hall–Kier alpha value is -0.820. The highest BCUT2D eigenvalue weighted by Crippen LogP contribution is 2.27. The van der Waals surface area contributed by atoms with Gasteiger partial charge in [0.25, 0.3) is 0 Å². The molecule has 0 bridgehead atoms. The Balaban J connectivity index is 0.00000147. The molecule has 20 heavy (non-hydrogen) atoms. The summed E-state index contributed by atoms with van der Waals surface area (Å²) in [4.78, 5) is 4.41. The highest BCUT2D eigenvalue weighted by molar-refractivity contribution is 14.0. The number of rotatable bonds is 3.